The van der Waals surface area contributed by atoms with Gasteiger partial charge in [-0.2, -0.15) is 0 Å². The molecular weight excluding hydrogens is 167 g/mol. The number of hydrogen-bond acceptors (Lipinski definition) is 3. The van der Waals surface area contributed by atoms with Gasteiger partial charge in [-0.3, -0.25) is 10.1 Å². The number of nitrogens with zero attached hydrogens (tertiary/aromatic N) is 1. The van der Waals surface area contributed by atoms with Crippen LogP contribution in [0.4, 0.5) is 9.52 Å². The number of nitrogens with one attached hydrogen (secondary N) is 1. The van der Waals surface area contributed by atoms with E-state index in [1.807, 2.05) is 6.92 Å². The van der Waals surface area contributed by atoms with Gasteiger partial charge in [-0.05, 0) is 6.92 Å². The molecule has 5 heteroatoms. The lowest BCUT2D eigenvalue weighted by Gasteiger charge is -1.93. The maximum Gasteiger partial charge on any atom is 0.257 e. The molecule has 0 bridgehead atoms. The molecule has 0 spiro atoms. The van der Waals surface area contributed by atoms with Crippen molar-refractivity contribution in [2.24, 2.45) is 0 Å². The Balaban J connectivity index is 2.57. The highest BCUT2D eigenvalue weighted by molar-refractivity contribution is 7.13. The SMILES string of the molecule is Cc1csc(NC(=O)CF)n1. The minimum atomic E-state index is -1.00. The van der Waals surface area contributed by atoms with Crippen molar-refractivity contribution in [1.82, 2.24) is 4.98 Å². The molecule has 0 fully saturated rings. The Kier molecular flexibility index (Phi) is 2.53. The predicted molar refractivity (Wildman–Crippen MR) is 41.5 cm³/mol. The Morgan fingerprint density at radius 2 is 2.64 bits per heavy atom. The van der Waals surface area contributed by atoms with Crippen molar-refractivity contribution in [2.75, 3.05) is 12.0 Å². The van der Waals surface area contributed by atoms with Crippen LogP contribution in [0.15, 0.2) is 5.38 Å². The zero-order chi connectivity index (χ0) is 8.27. The topological polar surface area (TPSA) is 42.0 Å². The smallest absolute Gasteiger partial charge is 0.257 e. The van der Waals surface area contributed by atoms with Crippen LogP contribution in [0.1, 0.15) is 5.69 Å². The second kappa shape index (κ2) is 3.43. The molecule has 0 unspecified atom stereocenters. The number of aromatic nitrogens is 1. The minimum absolute atomic E-state index is 0.449. The highest BCUT2D eigenvalue weighted by atomic mass is 32.1. The van der Waals surface area contributed by atoms with E-state index < -0.39 is 12.6 Å². The van der Waals surface area contributed by atoms with Gasteiger partial charge in [0.05, 0.1) is 5.69 Å². The van der Waals surface area contributed by atoms with E-state index in [9.17, 15) is 9.18 Å². The molecule has 0 radical (unpaired) electrons. The summed E-state index contributed by atoms with van der Waals surface area (Å²) in [5.41, 5.74) is 0.823. The summed E-state index contributed by atoms with van der Waals surface area (Å²) < 4.78 is 11.6. The van der Waals surface area contributed by atoms with Crippen molar-refractivity contribution in [2.45, 2.75) is 6.92 Å². The van der Waals surface area contributed by atoms with Crippen molar-refractivity contribution >= 4 is 22.4 Å². The highest BCUT2D eigenvalue weighted by Crippen LogP contribution is 2.13. The summed E-state index contributed by atoms with van der Waals surface area (Å²) in [5, 5.41) is 4.54. The summed E-state index contributed by atoms with van der Waals surface area (Å²) in [7, 11) is 0. The van der Waals surface area contributed by atoms with Crippen LogP contribution in [0.2, 0.25) is 0 Å². The predicted octanol–water partition coefficient (Wildman–Crippen LogP) is 1.36. The number of thiazole rings is 1. The molecule has 1 heterocycles. The molecule has 0 saturated carbocycles. The van der Waals surface area contributed by atoms with E-state index in [1.165, 1.54) is 11.3 Å². The molecule has 1 N–H and O–H groups in total. The molecule has 1 amide bonds. The van der Waals surface area contributed by atoms with Crippen LogP contribution in [-0.4, -0.2) is 17.6 Å². The summed E-state index contributed by atoms with van der Waals surface area (Å²) in [4.78, 5) is 14.4. The fourth-order valence-electron chi connectivity index (χ4n) is 0.564. The third kappa shape index (κ3) is 2.27. The third-order valence-electron chi connectivity index (χ3n) is 0.987. The lowest BCUT2D eigenvalue weighted by atomic mass is 10.6. The molecule has 0 saturated heterocycles. The summed E-state index contributed by atoms with van der Waals surface area (Å²) in [6.07, 6.45) is 0. The maximum absolute atomic E-state index is 11.6. The number of carbonyl (C=O) groups is 1. The zero-order valence-electron chi connectivity index (χ0n) is 5.93. The number of carbonyl (C=O) groups excluding carboxylic acids is 1. The van der Waals surface area contributed by atoms with E-state index in [0.717, 1.165) is 5.69 Å². The number of halogens is 1. The van der Waals surface area contributed by atoms with E-state index in [0.29, 0.717) is 5.13 Å². The summed E-state index contributed by atoms with van der Waals surface area (Å²) in [6.45, 7) is 0.806. The monoisotopic (exact) mass is 174 g/mol. The van der Waals surface area contributed by atoms with E-state index in [4.69, 9.17) is 0 Å². The van der Waals surface area contributed by atoms with Gasteiger partial charge >= 0.3 is 0 Å². The van der Waals surface area contributed by atoms with Crippen molar-refractivity contribution < 1.29 is 9.18 Å². The lowest BCUT2D eigenvalue weighted by Crippen LogP contribution is -2.12. The van der Waals surface area contributed by atoms with Gasteiger partial charge < -0.3 is 0 Å². The number of alkyl halides is 1. The van der Waals surface area contributed by atoms with Gasteiger partial charge in [-0.15, -0.1) is 11.3 Å². The minimum Gasteiger partial charge on any atom is -0.300 e. The molecule has 3 nitrogen and oxygen atoms in total. The fourth-order valence-corrected chi connectivity index (χ4v) is 1.27. The standard InChI is InChI=1S/C6H7FN2OS/c1-4-3-11-6(8-4)9-5(10)2-7/h3H,2H2,1H3,(H,8,9,10). The highest BCUT2D eigenvalue weighted by Gasteiger charge is 2.02. The molecule has 0 aromatic carbocycles. The van der Waals surface area contributed by atoms with Crippen molar-refractivity contribution in [3.63, 3.8) is 0 Å². The van der Waals surface area contributed by atoms with E-state index in [-0.39, 0.29) is 0 Å². The van der Waals surface area contributed by atoms with E-state index >= 15 is 0 Å². The number of anilines is 1. The van der Waals surface area contributed by atoms with Crippen LogP contribution in [0.3, 0.4) is 0 Å². The second-order valence-corrected chi connectivity index (χ2v) is 2.83. The molecular formula is C6H7FN2OS. The number of rotatable bonds is 2. The van der Waals surface area contributed by atoms with Crippen LogP contribution < -0.4 is 5.32 Å². The Bertz CT molecular complexity index is 261. The van der Waals surface area contributed by atoms with Crippen molar-refractivity contribution in [3.05, 3.63) is 11.1 Å². The quantitative estimate of drug-likeness (QED) is 0.735. The summed E-state index contributed by atoms with van der Waals surface area (Å²) in [5.74, 6) is -0.653. The summed E-state index contributed by atoms with van der Waals surface area (Å²) in [6, 6.07) is 0. The first-order valence-electron chi connectivity index (χ1n) is 3.00. The van der Waals surface area contributed by atoms with Crippen LogP contribution >= 0.6 is 11.3 Å². The first kappa shape index (κ1) is 8.13. The van der Waals surface area contributed by atoms with Crippen LogP contribution in [0.25, 0.3) is 0 Å². The number of amides is 1. The van der Waals surface area contributed by atoms with Gasteiger partial charge in [0.1, 0.15) is 0 Å². The third-order valence-corrected chi connectivity index (χ3v) is 1.86. The Morgan fingerprint density at radius 1 is 1.91 bits per heavy atom. The van der Waals surface area contributed by atoms with Crippen LogP contribution in [0, 0.1) is 6.92 Å². The molecule has 1 rings (SSSR count). The maximum atomic E-state index is 11.6. The van der Waals surface area contributed by atoms with Crippen molar-refractivity contribution in [3.8, 4) is 0 Å². The Labute approximate surface area is 67.3 Å². The Morgan fingerprint density at radius 3 is 3.09 bits per heavy atom. The van der Waals surface area contributed by atoms with Crippen molar-refractivity contribution in [1.29, 1.82) is 0 Å². The van der Waals surface area contributed by atoms with Gasteiger partial charge in [0.2, 0.25) is 0 Å². The molecule has 0 aliphatic carbocycles. The second-order valence-electron chi connectivity index (χ2n) is 1.98. The average molecular weight is 174 g/mol. The van der Waals surface area contributed by atoms with Gasteiger partial charge in [0.25, 0.3) is 5.91 Å². The fraction of sp³-hybridized carbons (Fsp3) is 0.333. The normalized spacial score (nSPS) is 9.64. The molecule has 0 aliphatic rings. The van der Waals surface area contributed by atoms with Crippen LogP contribution in [0.5, 0.6) is 0 Å². The van der Waals surface area contributed by atoms with Gasteiger partial charge in [0, 0.05) is 5.38 Å². The van der Waals surface area contributed by atoms with Gasteiger partial charge in [0.15, 0.2) is 11.8 Å². The lowest BCUT2D eigenvalue weighted by molar-refractivity contribution is -0.117. The first-order chi connectivity index (χ1) is 5.22. The largest absolute Gasteiger partial charge is 0.300 e. The zero-order valence-corrected chi connectivity index (χ0v) is 6.74. The van der Waals surface area contributed by atoms with E-state index in [1.54, 1.807) is 5.38 Å². The molecule has 0 aliphatic heterocycles. The Hall–Kier alpha value is -0.970. The molecule has 1 aromatic heterocycles. The van der Waals surface area contributed by atoms with Crippen LogP contribution in [-0.2, 0) is 4.79 Å². The van der Waals surface area contributed by atoms with Gasteiger partial charge in [-0.25, -0.2) is 9.37 Å². The first-order valence-corrected chi connectivity index (χ1v) is 3.88. The summed E-state index contributed by atoms with van der Waals surface area (Å²) >= 11 is 1.28. The number of hydrogen-bond donors (Lipinski definition) is 1. The average Bonchev–Trinajstić information content (AvgIpc) is 2.35. The molecule has 1 aromatic rings. The molecule has 0 atom stereocenters. The molecule has 11 heavy (non-hydrogen) atoms. The number of aryl methyl sites for hydroxylation is 1. The van der Waals surface area contributed by atoms with E-state index in [2.05, 4.69) is 10.3 Å². The van der Waals surface area contributed by atoms with Gasteiger partial charge in [-0.1, -0.05) is 0 Å². The molecule has 60 valence electrons.